The summed E-state index contributed by atoms with van der Waals surface area (Å²) in [6.07, 6.45) is 7.36. The highest BCUT2D eigenvalue weighted by molar-refractivity contribution is 6.31. The van der Waals surface area contributed by atoms with Gasteiger partial charge in [0.2, 0.25) is 5.91 Å². The fourth-order valence-corrected chi connectivity index (χ4v) is 2.45. The van der Waals surface area contributed by atoms with Gasteiger partial charge in [-0.1, -0.05) is 11.6 Å². The third-order valence-electron chi connectivity index (χ3n) is 3.37. The number of benzene rings is 1. The van der Waals surface area contributed by atoms with Gasteiger partial charge >= 0.3 is 0 Å². The van der Waals surface area contributed by atoms with Crippen molar-refractivity contribution in [2.24, 2.45) is 0 Å². The first-order valence-electron chi connectivity index (χ1n) is 6.97. The van der Waals surface area contributed by atoms with E-state index in [1.54, 1.807) is 24.5 Å². The lowest BCUT2D eigenvalue weighted by Crippen LogP contribution is -2.23. The van der Waals surface area contributed by atoms with Gasteiger partial charge in [-0.2, -0.15) is 0 Å². The number of nitrogens with one attached hydrogen (secondary N) is 2. The second-order valence-corrected chi connectivity index (χ2v) is 5.33. The maximum atomic E-state index is 11.7. The average Bonchev–Trinajstić information content (AvgIpc) is 3.15. The number of amides is 1. The van der Waals surface area contributed by atoms with E-state index in [4.69, 9.17) is 16.0 Å². The van der Waals surface area contributed by atoms with Crippen LogP contribution in [0.1, 0.15) is 11.3 Å². The van der Waals surface area contributed by atoms with Gasteiger partial charge in [-0.3, -0.25) is 4.79 Å². The highest BCUT2D eigenvalue weighted by Gasteiger charge is 2.04. The van der Waals surface area contributed by atoms with Crippen molar-refractivity contribution in [1.29, 1.82) is 0 Å². The van der Waals surface area contributed by atoms with Crippen LogP contribution in [0.4, 0.5) is 0 Å². The molecule has 1 amide bonds. The zero-order chi connectivity index (χ0) is 15.4. The number of rotatable bonds is 5. The third kappa shape index (κ3) is 3.40. The largest absolute Gasteiger partial charge is 0.465 e. The van der Waals surface area contributed by atoms with Gasteiger partial charge < -0.3 is 14.7 Å². The summed E-state index contributed by atoms with van der Waals surface area (Å²) in [6, 6.07) is 9.30. The van der Waals surface area contributed by atoms with E-state index in [2.05, 4.69) is 10.3 Å². The van der Waals surface area contributed by atoms with Crippen LogP contribution in [-0.4, -0.2) is 17.4 Å². The molecule has 0 saturated heterocycles. The number of aromatic amines is 1. The minimum Gasteiger partial charge on any atom is -0.465 e. The van der Waals surface area contributed by atoms with Crippen molar-refractivity contribution in [3.05, 3.63) is 65.2 Å². The van der Waals surface area contributed by atoms with E-state index in [0.717, 1.165) is 22.9 Å². The lowest BCUT2D eigenvalue weighted by molar-refractivity contribution is -0.116. The maximum Gasteiger partial charge on any atom is 0.244 e. The molecule has 3 rings (SSSR count). The molecule has 2 N–H and O–H groups in total. The topological polar surface area (TPSA) is 58.0 Å². The van der Waals surface area contributed by atoms with Gasteiger partial charge in [-0.05, 0) is 48.4 Å². The van der Waals surface area contributed by atoms with Crippen LogP contribution in [0.5, 0.6) is 0 Å². The number of aromatic nitrogens is 1. The van der Waals surface area contributed by atoms with Crippen LogP contribution >= 0.6 is 11.6 Å². The predicted molar refractivity (Wildman–Crippen MR) is 87.8 cm³/mol. The van der Waals surface area contributed by atoms with E-state index in [1.165, 1.54) is 6.08 Å². The molecule has 0 saturated carbocycles. The van der Waals surface area contributed by atoms with Crippen molar-refractivity contribution in [2.45, 2.75) is 6.42 Å². The van der Waals surface area contributed by atoms with Gasteiger partial charge in [-0.25, -0.2) is 0 Å². The number of carbonyl (C=O) groups is 1. The smallest absolute Gasteiger partial charge is 0.244 e. The van der Waals surface area contributed by atoms with Crippen LogP contribution in [0.15, 0.2) is 53.3 Å². The highest BCUT2D eigenvalue weighted by Crippen LogP contribution is 2.22. The highest BCUT2D eigenvalue weighted by atomic mass is 35.5. The van der Waals surface area contributed by atoms with E-state index in [-0.39, 0.29) is 5.91 Å². The van der Waals surface area contributed by atoms with E-state index in [1.807, 2.05) is 24.4 Å². The molecule has 22 heavy (non-hydrogen) atoms. The molecule has 3 aromatic rings. The molecule has 0 aliphatic rings. The normalized spacial score (nSPS) is 11.3. The van der Waals surface area contributed by atoms with E-state index in [0.29, 0.717) is 17.3 Å². The van der Waals surface area contributed by atoms with Crippen LogP contribution in [0.2, 0.25) is 5.02 Å². The minimum atomic E-state index is -0.144. The van der Waals surface area contributed by atoms with Gasteiger partial charge in [0.15, 0.2) is 0 Å². The monoisotopic (exact) mass is 314 g/mol. The first kappa shape index (κ1) is 14.5. The van der Waals surface area contributed by atoms with Crippen LogP contribution in [0.3, 0.4) is 0 Å². The maximum absolute atomic E-state index is 11.7. The van der Waals surface area contributed by atoms with Gasteiger partial charge in [-0.15, -0.1) is 0 Å². The summed E-state index contributed by atoms with van der Waals surface area (Å²) in [5, 5.41) is 4.65. The van der Waals surface area contributed by atoms with Crippen molar-refractivity contribution in [2.75, 3.05) is 6.54 Å². The lowest BCUT2D eigenvalue weighted by Gasteiger charge is -2.02. The van der Waals surface area contributed by atoms with Crippen molar-refractivity contribution < 1.29 is 9.21 Å². The first-order chi connectivity index (χ1) is 10.7. The van der Waals surface area contributed by atoms with Crippen LogP contribution in [0.25, 0.3) is 17.0 Å². The fraction of sp³-hybridized carbons (Fsp3) is 0.118. The molecule has 5 heteroatoms. The van der Waals surface area contributed by atoms with Crippen molar-refractivity contribution in [1.82, 2.24) is 10.3 Å². The molecule has 0 bridgehead atoms. The summed E-state index contributed by atoms with van der Waals surface area (Å²) in [7, 11) is 0. The van der Waals surface area contributed by atoms with E-state index in [9.17, 15) is 4.79 Å². The SMILES string of the molecule is O=C(C=Cc1ccco1)NCCc1c[nH]c2ccc(Cl)cc12. The Morgan fingerprint density at radius 1 is 1.36 bits per heavy atom. The Hall–Kier alpha value is -2.46. The second kappa shape index (κ2) is 6.54. The van der Waals surface area contributed by atoms with Gasteiger partial charge in [0.05, 0.1) is 6.26 Å². The number of halogens is 1. The zero-order valence-corrected chi connectivity index (χ0v) is 12.6. The Bertz CT molecular complexity index is 803. The molecular weight excluding hydrogens is 300 g/mol. The molecule has 0 aliphatic carbocycles. The lowest BCUT2D eigenvalue weighted by atomic mass is 10.1. The molecular formula is C17H15ClN2O2. The number of hydrogen-bond acceptors (Lipinski definition) is 2. The second-order valence-electron chi connectivity index (χ2n) is 4.89. The molecule has 0 unspecified atom stereocenters. The quantitative estimate of drug-likeness (QED) is 0.704. The third-order valence-corrected chi connectivity index (χ3v) is 3.60. The van der Waals surface area contributed by atoms with Gasteiger partial charge in [0, 0.05) is 34.7 Å². The van der Waals surface area contributed by atoms with Crippen LogP contribution < -0.4 is 5.32 Å². The standard InChI is InChI=1S/C17H15ClN2O2/c18-13-3-5-16-15(10-13)12(11-20-16)7-8-19-17(21)6-4-14-2-1-9-22-14/h1-6,9-11,20H,7-8H2,(H,19,21). The molecule has 0 spiro atoms. The fourth-order valence-electron chi connectivity index (χ4n) is 2.28. The summed E-state index contributed by atoms with van der Waals surface area (Å²) < 4.78 is 5.12. The van der Waals surface area contributed by atoms with Crippen LogP contribution in [-0.2, 0) is 11.2 Å². The number of hydrogen-bond donors (Lipinski definition) is 2. The van der Waals surface area contributed by atoms with Crippen molar-refractivity contribution in [3.8, 4) is 0 Å². The predicted octanol–water partition coefficient (Wildman–Crippen LogP) is 3.79. The summed E-state index contributed by atoms with van der Waals surface area (Å²) >= 11 is 6.02. The molecule has 112 valence electrons. The van der Waals surface area contributed by atoms with Crippen molar-refractivity contribution in [3.63, 3.8) is 0 Å². The summed E-state index contributed by atoms with van der Waals surface area (Å²) in [4.78, 5) is 14.9. The Morgan fingerprint density at radius 2 is 2.27 bits per heavy atom. The summed E-state index contributed by atoms with van der Waals surface area (Å²) in [5.41, 5.74) is 2.18. The molecule has 0 radical (unpaired) electrons. The van der Waals surface area contributed by atoms with Gasteiger partial charge in [0.1, 0.15) is 5.76 Å². The molecule has 2 heterocycles. The molecule has 2 aromatic heterocycles. The van der Waals surface area contributed by atoms with Crippen molar-refractivity contribution >= 4 is 34.5 Å². The van der Waals surface area contributed by atoms with E-state index >= 15 is 0 Å². The Kier molecular flexibility index (Phi) is 4.30. The Labute approximate surface area is 132 Å². The number of fused-ring (bicyclic) bond motifs is 1. The van der Waals surface area contributed by atoms with E-state index < -0.39 is 0 Å². The number of furan rings is 1. The average molecular weight is 315 g/mol. The molecule has 1 aromatic carbocycles. The summed E-state index contributed by atoms with van der Waals surface area (Å²) in [5.74, 6) is 0.510. The summed E-state index contributed by atoms with van der Waals surface area (Å²) in [6.45, 7) is 0.556. The Morgan fingerprint density at radius 3 is 3.09 bits per heavy atom. The molecule has 0 atom stereocenters. The zero-order valence-electron chi connectivity index (χ0n) is 11.8. The number of H-pyrrole nitrogens is 1. The molecule has 4 nitrogen and oxygen atoms in total. The molecule has 0 fully saturated rings. The minimum absolute atomic E-state index is 0.144. The van der Waals surface area contributed by atoms with Gasteiger partial charge in [0.25, 0.3) is 0 Å². The van der Waals surface area contributed by atoms with Crippen LogP contribution in [0, 0.1) is 0 Å². The number of carbonyl (C=O) groups excluding carboxylic acids is 1. The molecule has 0 aliphatic heterocycles. The first-order valence-corrected chi connectivity index (χ1v) is 7.35. The Balaban J connectivity index is 1.56.